The lowest BCUT2D eigenvalue weighted by Crippen LogP contribution is -2.06. The van der Waals surface area contributed by atoms with Crippen LogP contribution in [0.5, 0.6) is 0 Å². The Morgan fingerprint density at radius 3 is 2.61 bits per heavy atom. The summed E-state index contributed by atoms with van der Waals surface area (Å²) in [6, 6.07) is 0. The fourth-order valence-corrected chi connectivity index (χ4v) is 3.26. The quantitative estimate of drug-likeness (QED) is 0.921. The Bertz CT molecular complexity index is 605. The zero-order chi connectivity index (χ0) is 13.3. The van der Waals surface area contributed by atoms with Crippen molar-refractivity contribution in [2.45, 2.75) is 40.0 Å². The van der Waals surface area contributed by atoms with Crippen LogP contribution in [-0.2, 0) is 12.8 Å². The smallest absolute Gasteiger partial charge is 0.355 e. The number of carboxylic acid groups (broad SMARTS) is 1. The summed E-state index contributed by atoms with van der Waals surface area (Å²) in [5.41, 5.74) is 1.22. The maximum absolute atomic E-state index is 11.4. The van der Waals surface area contributed by atoms with Crippen molar-refractivity contribution >= 4 is 27.5 Å². The van der Waals surface area contributed by atoms with E-state index in [0.717, 1.165) is 33.5 Å². The summed E-state index contributed by atoms with van der Waals surface area (Å²) in [6.07, 6.45) is 2.44. The Morgan fingerprint density at radius 2 is 2.06 bits per heavy atom. The largest absolute Gasteiger partial charge is 0.476 e. The van der Waals surface area contributed by atoms with Crippen LogP contribution in [0, 0.1) is 6.92 Å². The lowest BCUT2D eigenvalue weighted by molar-refractivity contribution is 0.0692. The molecule has 0 saturated heterocycles. The minimum atomic E-state index is -0.966. The van der Waals surface area contributed by atoms with E-state index in [4.69, 9.17) is 0 Å². The average molecular weight is 264 g/mol. The van der Waals surface area contributed by atoms with Gasteiger partial charge in [0.25, 0.3) is 0 Å². The molecule has 0 amide bonds. The van der Waals surface area contributed by atoms with Crippen LogP contribution in [0.2, 0.25) is 0 Å². The molecule has 2 rings (SSSR count). The molecule has 2 heterocycles. The Kier molecular flexibility index (Phi) is 3.61. The van der Waals surface area contributed by atoms with E-state index < -0.39 is 5.97 Å². The number of aromatic carboxylic acids is 1. The molecular formula is C13H16N2O2S. The summed E-state index contributed by atoms with van der Waals surface area (Å²) in [6.45, 7) is 6.07. The van der Waals surface area contributed by atoms with Crippen molar-refractivity contribution in [3.05, 3.63) is 22.0 Å². The Hall–Kier alpha value is -1.49. The first-order chi connectivity index (χ1) is 8.58. The maximum atomic E-state index is 11.4. The second-order valence-corrected chi connectivity index (χ2v) is 5.42. The number of carbonyl (C=O) groups is 1. The Morgan fingerprint density at radius 1 is 1.33 bits per heavy atom. The van der Waals surface area contributed by atoms with Gasteiger partial charge in [-0.3, -0.25) is 0 Å². The van der Waals surface area contributed by atoms with E-state index in [1.54, 1.807) is 11.3 Å². The molecule has 0 spiro atoms. The molecule has 0 atom stereocenters. The predicted octanol–water partition coefficient (Wildman–Crippen LogP) is 3.21. The lowest BCUT2D eigenvalue weighted by atomic mass is 10.1. The molecule has 0 fully saturated rings. The molecular weight excluding hydrogens is 248 g/mol. The van der Waals surface area contributed by atoms with Crippen molar-refractivity contribution in [2.75, 3.05) is 0 Å². The number of fused-ring (bicyclic) bond motifs is 1. The van der Waals surface area contributed by atoms with E-state index in [-0.39, 0.29) is 5.69 Å². The molecule has 0 aliphatic rings. The summed E-state index contributed by atoms with van der Waals surface area (Å²) in [7, 11) is 0. The molecule has 0 saturated carbocycles. The first-order valence-corrected chi connectivity index (χ1v) is 6.92. The standard InChI is InChI=1S/C13H16N2O2S/c1-4-6-9-14-11(13(16)17)10-8(5-2)7(3)18-12(10)15-9/h4-6H2,1-3H3,(H,16,17). The van der Waals surface area contributed by atoms with Gasteiger partial charge in [-0.15, -0.1) is 11.3 Å². The number of rotatable bonds is 4. The minimum absolute atomic E-state index is 0.157. The van der Waals surface area contributed by atoms with Gasteiger partial charge in [-0.1, -0.05) is 13.8 Å². The third kappa shape index (κ3) is 2.10. The highest BCUT2D eigenvalue weighted by Gasteiger charge is 2.19. The lowest BCUT2D eigenvalue weighted by Gasteiger charge is -2.03. The highest BCUT2D eigenvalue weighted by molar-refractivity contribution is 7.18. The van der Waals surface area contributed by atoms with Crippen molar-refractivity contribution in [1.82, 2.24) is 9.97 Å². The number of hydrogen-bond donors (Lipinski definition) is 1. The van der Waals surface area contributed by atoms with Crippen molar-refractivity contribution in [3.8, 4) is 0 Å². The van der Waals surface area contributed by atoms with E-state index in [2.05, 4.69) is 9.97 Å². The summed E-state index contributed by atoms with van der Waals surface area (Å²) in [4.78, 5) is 22.0. The van der Waals surface area contributed by atoms with Gasteiger partial charge >= 0.3 is 5.97 Å². The SMILES string of the molecule is CCCc1nc(C(=O)O)c2c(CC)c(C)sc2n1. The van der Waals surface area contributed by atoms with Crippen LogP contribution in [0.25, 0.3) is 10.2 Å². The summed E-state index contributed by atoms with van der Waals surface area (Å²) in [5.74, 6) is -0.335. The van der Waals surface area contributed by atoms with Gasteiger partial charge in [-0.05, 0) is 25.3 Å². The van der Waals surface area contributed by atoms with Crippen LogP contribution in [0.1, 0.15) is 47.0 Å². The van der Waals surface area contributed by atoms with Crippen molar-refractivity contribution < 1.29 is 9.90 Å². The summed E-state index contributed by atoms with van der Waals surface area (Å²) in [5, 5.41) is 10.0. The normalized spacial score (nSPS) is 11.1. The first-order valence-electron chi connectivity index (χ1n) is 6.10. The fraction of sp³-hybridized carbons (Fsp3) is 0.462. The second-order valence-electron chi connectivity index (χ2n) is 4.21. The minimum Gasteiger partial charge on any atom is -0.476 e. The number of thiophene rings is 1. The Balaban J connectivity index is 2.77. The molecule has 0 aromatic carbocycles. The van der Waals surface area contributed by atoms with E-state index in [1.807, 2.05) is 20.8 Å². The first kappa shape index (κ1) is 13.0. The number of aryl methyl sites for hydroxylation is 3. The Labute approximate surface area is 110 Å². The van der Waals surface area contributed by atoms with E-state index in [0.29, 0.717) is 12.2 Å². The van der Waals surface area contributed by atoms with E-state index >= 15 is 0 Å². The van der Waals surface area contributed by atoms with Gasteiger partial charge < -0.3 is 5.11 Å². The molecule has 5 heteroatoms. The average Bonchev–Trinajstić information content (AvgIpc) is 2.63. The molecule has 2 aromatic heterocycles. The maximum Gasteiger partial charge on any atom is 0.355 e. The highest BCUT2D eigenvalue weighted by Crippen LogP contribution is 2.32. The molecule has 0 aliphatic heterocycles. The van der Waals surface area contributed by atoms with Crippen LogP contribution in [0.3, 0.4) is 0 Å². The number of carboxylic acids is 1. The zero-order valence-electron chi connectivity index (χ0n) is 10.8. The molecule has 2 aromatic rings. The summed E-state index contributed by atoms with van der Waals surface area (Å²) < 4.78 is 0. The van der Waals surface area contributed by atoms with Crippen molar-refractivity contribution in [3.63, 3.8) is 0 Å². The fourth-order valence-electron chi connectivity index (χ4n) is 2.13. The van der Waals surface area contributed by atoms with Gasteiger partial charge in [0.1, 0.15) is 10.7 Å². The predicted molar refractivity (Wildman–Crippen MR) is 72.5 cm³/mol. The molecule has 0 radical (unpaired) electrons. The molecule has 0 bridgehead atoms. The van der Waals surface area contributed by atoms with Gasteiger partial charge in [0.15, 0.2) is 5.69 Å². The number of nitrogens with zero attached hydrogens (tertiary/aromatic N) is 2. The number of hydrogen-bond acceptors (Lipinski definition) is 4. The zero-order valence-corrected chi connectivity index (χ0v) is 11.6. The van der Waals surface area contributed by atoms with E-state index in [9.17, 15) is 9.90 Å². The van der Waals surface area contributed by atoms with Crippen LogP contribution < -0.4 is 0 Å². The van der Waals surface area contributed by atoms with Gasteiger partial charge in [-0.25, -0.2) is 14.8 Å². The van der Waals surface area contributed by atoms with E-state index in [1.165, 1.54) is 0 Å². The van der Waals surface area contributed by atoms with Crippen LogP contribution in [0.15, 0.2) is 0 Å². The second kappa shape index (κ2) is 5.02. The van der Waals surface area contributed by atoms with Gasteiger partial charge in [0, 0.05) is 16.7 Å². The topological polar surface area (TPSA) is 63.1 Å². The van der Waals surface area contributed by atoms with Crippen LogP contribution in [-0.4, -0.2) is 21.0 Å². The molecule has 96 valence electrons. The molecule has 0 unspecified atom stereocenters. The monoisotopic (exact) mass is 264 g/mol. The van der Waals surface area contributed by atoms with Gasteiger partial charge in [0.05, 0.1) is 0 Å². The van der Waals surface area contributed by atoms with Crippen LogP contribution >= 0.6 is 11.3 Å². The molecule has 0 aliphatic carbocycles. The third-order valence-electron chi connectivity index (χ3n) is 2.93. The van der Waals surface area contributed by atoms with Gasteiger partial charge in [-0.2, -0.15) is 0 Å². The van der Waals surface area contributed by atoms with Crippen molar-refractivity contribution in [1.29, 1.82) is 0 Å². The van der Waals surface area contributed by atoms with Crippen LogP contribution in [0.4, 0.5) is 0 Å². The molecule has 1 N–H and O–H groups in total. The molecule has 4 nitrogen and oxygen atoms in total. The van der Waals surface area contributed by atoms with Gasteiger partial charge in [0.2, 0.25) is 0 Å². The molecule has 18 heavy (non-hydrogen) atoms. The highest BCUT2D eigenvalue weighted by atomic mass is 32.1. The number of aromatic nitrogens is 2. The summed E-state index contributed by atoms with van der Waals surface area (Å²) >= 11 is 1.56. The third-order valence-corrected chi connectivity index (χ3v) is 3.97. The van der Waals surface area contributed by atoms with Crippen molar-refractivity contribution in [2.24, 2.45) is 0 Å².